The predicted octanol–water partition coefficient (Wildman–Crippen LogP) is 3.81. The molecule has 10 heteroatoms. The summed E-state index contributed by atoms with van der Waals surface area (Å²) in [4.78, 5) is 25.7. The van der Waals surface area contributed by atoms with Crippen LogP contribution in [0.15, 0.2) is 60.7 Å². The maximum atomic E-state index is 12.1. The minimum absolute atomic E-state index is 0.0210. The Morgan fingerprint density at radius 2 is 1.57 bits per heavy atom. The van der Waals surface area contributed by atoms with Gasteiger partial charge in [0.1, 0.15) is 30.8 Å². The van der Waals surface area contributed by atoms with Crippen molar-refractivity contribution in [3.05, 3.63) is 77.4 Å². The van der Waals surface area contributed by atoms with Crippen LogP contribution in [0, 0.1) is 13.8 Å². The molecule has 2 aliphatic rings. The van der Waals surface area contributed by atoms with Gasteiger partial charge in [-0.05, 0) is 92.9 Å². The van der Waals surface area contributed by atoms with E-state index < -0.39 is 24.8 Å². The number of ether oxygens (including phenoxy) is 4. The summed E-state index contributed by atoms with van der Waals surface area (Å²) in [5.41, 5.74) is 6.06. The van der Waals surface area contributed by atoms with Crippen molar-refractivity contribution < 1.29 is 37.8 Å². The van der Waals surface area contributed by atoms with Gasteiger partial charge in [-0.1, -0.05) is 30.3 Å². The molecule has 0 radical (unpaired) electrons. The smallest absolute Gasteiger partial charge is 0.494 e. The van der Waals surface area contributed by atoms with Gasteiger partial charge in [0.2, 0.25) is 0 Å². The molecule has 2 aliphatic heterocycles. The topological polar surface area (TPSA) is 92.8 Å². The lowest BCUT2D eigenvalue weighted by Gasteiger charge is -2.22. The molecule has 42 heavy (non-hydrogen) atoms. The monoisotopic (exact) mass is 573 g/mol. The summed E-state index contributed by atoms with van der Waals surface area (Å²) in [5.74, 6) is -0.0371. The van der Waals surface area contributed by atoms with E-state index in [1.54, 1.807) is 36.2 Å². The second-order valence-corrected chi connectivity index (χ2v) is 11.2. The summed E-state index contributed by atoms with van der Waals surface area (Å²) in [5, 5.41) is 0. The van der Waals surface area contributed by atoms with E-state index in [-0.39, 0.29) is 19.2 Å². The quantitative estimate of drug-likeness (QED) is 0.373. The number of likely N-dealkylation sites (N-methyl/N-ethyl adjacent to an activating group) is 1. The zero-order valence-electron chi connectivity index (χ0n) is 24.7. The number of hydrogen-bond donors (Lipinski definition) is 0. The van der Waals surface area contributed by atoms with E-state index in [1.165, 1.54) is 0 Å². The van der Waals surface area contributed by atoms with Gasteiger partial charge < -0.3 is 28.3 Å². The highest BCUT2D eigenvalue weighted by atomic mass is 16.7. The van der Waals surface area contributed by atoms with Crippen molar-refractivity contribution in [2.45, 2.75) is 46.2 Å². The van der Waals surface area contributed by atoms with Crippen LogP contribution in [0.25, 0.3) is 11.1 Å². The molecule has 220 valence electrons. The number of rotatable bonds is 8. The average molecular weight is 573 g/mol. The van der Waals surface area contributed by atoms with Crippen molar-refractivity contribution in [2.75, 3.05) is 33.4 Å². The molecule has 0 aliphatic carbocycles. The van der Waals surface area contributed by atoms with Gasteiger partial charge in [-0.15, -0.1) is 0 Å². The molecule has 2 fully saturated rings. The number of nitrogens with zero attached hydrogens (tertiary/aromatic N) is 1. The first kappa shape index (κ1) is 29.6. The fourth-order valence-corrected chi connectivity index (χ4v) is 5.17. The van der Waals surface area contributed by atoms with Gasteiger partial charge >= 0.3 is 19.1 Å². The molecule has 5 rings (SSSR count). The summed E-state index contributed by atoms with van der Waals surface area (Å²) >= 11 is 0. The molecule has 9 nitrogen and oxygen atoms in total. The Morgan fingerprint density at radius 1 is 0.905 bits per heavy atom. The van der Waals surface area contributed by atoms with Crippen LogP contribution in [0.1, 0.15) is 30.5 Å². The van der Waals surface area contributed by atoms with Crippen LogP contribution in [-0.2, 0) is 35.0 Å². The first-order valence-electron chi connectivity index (χ1n) is 14.0. The minimum Gasteiger partial charge on any atom is -0.494 e. The Labute approximate surface area is 246 Å². The van der Waals surface area contributed by atoms with Crippen molar-refractivity contribution in [2.24, 2.45) is 0 Å². The van der Waals surface area contributed by atoms with Crippen LogP contribution in [0.5, 0.6) is 11.5 Å². The fraction of sp³-hybridized carbons (Fsp3) is 0.375. The van der Waals surface area contributed by atoms with Crippen molar-refractivity contribution in [3.8, 4) is 22.6 Å². The molecule has 3 aromatic carbocycles. The van der Waals surface area contributed by atoms with Crippen LogP contribution in [0.3, 0.4) is 0 Å². The normalized spacial score (nSPS) is 19.1. The second-order valence-electron chi connectivity index (χ2n) is 11.2. The van der Waals surface area contributed by atoms with Gasteiger partial charge in [0.15, 0.2) is 5.79 Å². The van der Waals surface area contributed by atoms with Gasteiger partial charge in [-0.3, -0.25) is 14.5 Å². The van der Waals surface area contributed by atoms with Gasteiger partial charge in [-0.2, -0.15) is 0 Å². The van der Waals surface area contributed by atoms with Crippen molar-refractivity contribution in [1.82, 2.24) is 4.90 Å². The Bertz CT molecular complexity index is 1400. The lowest BCUT2D eigenvalue weighted by molar-refractivity contribution is -0.145. The van der Waals surface area contributed by atoms with E-state index >= 15 is 0 Å². The molecular weight excluding hydrogens is 537 g/mol. The van der Waals surface area contributed by atoms with Crippen LogP contribution < -0.4 is 14.9 Å². The largest absolute Gasteiger partial charge is 0.636 e. The summed E-state index contributed by atoms with van der Waals surface area (Å²) in [6.07, 6.45) is -0.0908. The third-order valence-electron chi connectivity index (χ3n) is 7.06. The molecule has 0 N–H and O–H groups in total. The van der Waals surface area contributed by atoms with E-state index in [9.17, 15) is 9.59 Å². The number of aryl methyl sites for hydroxylation is 2. The zero-order valence-corrected chi connectivity index (χ0v) is 24.7. The minimum atomic E-state index is -1.08. The van der Waals surface area contributed by atoms with Gasteiger partial charge in [0.05, 0.1) is 19.7 Å². The first-order chi connectivity index (χ1) is 20.0. The predicted molar refractivity (Wildman–Crippen MR) is 158 cm³/mol. The molecule has 3 aromatic rings. The maximum absolute atomic E-state index is 12.1. The van der Waals surface area contributed by atoms with E-state index in [1.807, 2.05) is 26.0 Å². The standard InChI is InChI=1S/C32H36BNO8/c1-21-13-27(38-19-28-20-39-32(3,4)40-28)14-22(2)31(21)24-8-6-7-23(15-24)18-37-26-11-9-25(10-12-26)33-41-29(35)16-34(5)17-30(36)42-33/h6-15,28H,16-20H2,1-5H3. The van der Waals surface area contributed by atoms with Crippen molar-refractivity contribution in [3.63, 3.8) is 0 Å². The Morgan fingerprint density at radius 3 is 2.19 bits per heavy atom. The Hall–Kier alpha value is -3.86. The first-order valence-corrected chi connectivity index (χ1v) is 14.0. The SMILES string of the molecule is Cc1cc(OCC2COC(C)(C)O2)cc(C)c1-c1cccc(COc2ccc(B3OC(=O)CN(C)CC(=O)O3)cc2)c1. The average Bonchev–Trinajstić information content (AvgIpc) is 3.28. The van der Waals surface area contributed by atoms with E-state index in [0.29, 0.717) is 31.0 Å². The van der Waals surface area contributed by atoms with Crippen molar-refractivity contribution >= 4 is 24.5 Å². The highest BCUT2D eigenvalue weighted by molar-refractivity contribution is 6.64. The van der Waals surface area contributed by atoms with Crippen LogP contribution >= 0.6 is 0 Å². The lowest BCUT2D eigenvalue weighted by atomic mass is 9.78. The van der Waals surface area contributed by atoms with Crippen LogP contribution in [0.2, 0.25) is 0 Å². The van der Waals surface area contributed by atoms with E-state index in [4.69, 9.17) is 28.3 Å². The lowest BCUT2D eigenvalue weighted by Crippen LogP contribution is -2.47. The highest BCUT2D eigenvalue weighted by Crippen LogP contribution is 2.32. The third kappa shape index (κ3) is 7.50. The molecule has 2 saturated heterocycles. The molecule has 0 bridgehead atoms. The summed E-state index contributed by atoms with van der Waals surface area (Å²) in [6, 6.07) is 19.4. The zero-order chi connectivity index (χ0) is 29.9. The molecule has 0 spiro atoms. The molecule has 0 aromatic heterocycles. The highest BCUT2D eigenvalue weighted by Gasteiger charge is 2.34. The van der Waals surface area contributed by atoms with Gasteiger partial charge in [0, 0.05) is 5.46 Å². The van der Waals surface area contributed by atoms with E-state index in [0.717, 1.165) is 33.6 Å². The summed E-state index contributed by atoms with van der Waals surface area (Å²) in [7, 11) is 0.577. The fourth-order valence-electron chi connectivity index (χ4n) is 5.17. The molecule has 2 heterocycles. The number of hydrogen-bond acceptors (Lipinski definition) is 9. The number of carbonyl (C=O) groups excluding carboxylic acids is 2. The molecule has 0 saturated carbocycles. The van der Waals surface area contributed by atoms with Gasteiger partial charge in [0.25, 0.3) is 0 Å². The van der Waals surface area contributed by atoms with Crippen LogP contribution in [-0.4, -0.2) is 69.2 Å². The Balaban J connectivity index is 1.21. The number of benzene rings is 3. The second kappa shape index (κ2) is 12.6. The molecule has 1 unspecified atom stereocenters. The van der Waals surface area contributed by atoms with Gasteiger partial charge in [-0.25, -0.2) is 0 Å². The molecule has 0 amide bonds. The number of carbonyl (C=O) groups is 2. The van der Waals surface area contributed by atoms with Crippen molar-refractivity contribution in [1.29, 1.82) is 0 Å². The summed E-state index contributed by atoms with van der Waals surface area (Å²) in [6.45, 7) is 9.34. The molecular formula is C32H36BNO8. The van der Waals surface area contributed by atoms with E-state index in [2.05, 4.69) is 38.1 Å². The van der Waals surface area contributed by atoms with Crippen LogP contribution in [0.4, 0.5) is 0 Å². The Kier molecular flexibility index (Phi) is 8.87. The summed E-state index contributed by atoms with van der Waals surface area (Å²) < 4.78 is 34.2. The maximum Gasteiger partial charge on any atom is 0.636 e. The molecule has 1 atom stereocenters. The third-order valence-corrected chi connectivity index (χ3v) is 7.06.